The molecule has 0 saturated heterocycles. The van der Waals surface area contributed by atoms with E-state index in [0.29, 0.717) is 13.1 Å². The quantitative estimate of drug-likeness (QED) is 0.757. The summed E-state index contributed by atoms with van der Waals surface area (Å²) in [7, 11) is 0. The molecular weight excluding hydrogens is 307 g/mol. The van der Waals surface area contributed by atoms with Gasteiger partial charge in [0, 0.05) is 6.54 Å². The highest BCUT2D eigenvalue weighted by molar-refractivity contribution is 5.78. The molecule has 1 N–H and O–H groups in total. The van der Waals surface area contributed by atoms with Crippen molar-refractivity contribution in [1.82, 2.24) is 20.1 Å². The SMILES string of the molecule is O=C(Cc1ccc(F)cc1)NCc1ccc(Cn2cncn2)cc1. The van der Waals surface area contributed by atoms with Crippen LogP contribution in [0.5, 0.6) is 0 Å². The summed E-state index contributed by atoms with van der Waals surface area (Å²) in [6.45, 7) is 1.13. The van der Waals surface area contributed by atoms with Crippen molar-refractivity contribution in [3.8, 4) is 0 Å². The van der Waals surface area contributed by atoms with Gasteiger partial charge in [0.1, 0.15) is 18.5 Å². The van der Waals surface area contributed by atoms with E-state index in [1.165, 1.54) is 18.5 Å². The van der Waals surface area contributed by atoms with Gasteiger partial charge in [-0.3, -0.25) is 4.79 Å². The predicted molar refractivity (Wildman–Crippen MR) is 87.5 cm³/mol. The zero-order chi connectivity index (χ0) is 16.8. The van der Waals surface area contributed by atoms with Gasteiger partial charge in [0.05, 0.1) is 13.0 Å². The molecule has 0 fully saturated rings. The molecule has 6 heteroatoms. The molecule has 0 radical (unpaired) electrons. The van der Waals surface area contributed by atoms with E-state index in [-0.39, 0.29) is 18.1 Å². The van der Waals surface area contributed by atoms with E-state index in [0.717, 1.165) is 16.7 Å². The molecule has 0 aliphatic rings. The number of halogens is 1. The molecule has 2 aromatic carbocycles. The van der Waals surface area contributed by atoms with Crippen molar-refractivity contribution in [3.63, 3.8) is 0 Å². The Morgan fingerprint density at radius 2 is 1.67 bits per heavy atom. The van der Waals surface area contributed by atoms with E-state index in [9.17, 15) is 9.18 Å². The maximum Gasteiger partial charge on any atom is 0.224 e. The summed E-state index contributed by atoms with van der Waals surface area (Å²) < 4.78 is 14.6. The van der Waals surface area contributed by atoms with Crippen LogP contribution in [0.1, 0.15) is 16.7 Å². The van der Waals surface area contributed by atoms with Crippen molar-refractivity contribution < 1.29 is 9.18 Å². The van der Waals surface area contributed by atoms with Gasteiger partial charge in [-0.25, -0.2) is 14.1 Å². The third-order valence-corrected chi connectivity index (χ3v) is 3.60. The average Bonchev–Trinajstić information content (AvgIpc) is 3.09. The third-order valence-electron chi connectivity index (χ3n) is 3.60. The molecule has 0 bridgehead atoms. The second kappa shape index (κ2) is 7.50. The Labute approximate surface area is 139 Å². The van der Waals surface area contributed by atoms with Crippen molar-refractivity contribution in [2.75, 3.05) is 0 Å². The lowest BCUT2D eigenvalue weighted by Gasteiger charge is -2.07. The minimum atomic E-state index is -0.301. The maximum absolute atomic E-state index is 12.8. The van der Waals surface area contributed by atoms with Crippen LogP contribution in [0, 0.1) is 5.82 Å². The van der Waals surface area contributed by atoms with Crippen LogP contribution in [-0.4, -0.2) is 20.7 Å². The Kier molecular flexibility index (Phi) is 4.96. The van der Waals surface area contributed by atoms with Gasteiger partial charge < -0.3 is 5.32 Å². The fourth-order valence-electron chi connectivity index (χ4n) is 2.31. The molecule has 1 heterocycles. The standard InChI is InChI=1S/C18H17FN4O/c19-17-7-5-14(6-8-17)9-18(24)21-10-15-1-3-16(4-2-15)11-23-13-20-12-22-23/h1-8,12-13H,9-11H2,(H,21,24). The zero-order valence-corrected chi connectivity index (χ0v) is 13.0. The molecule has 0 unspecified atom stereocenters. The first-order valence-corrected chi connectivity index (χ1v) is 7.60. The number of hydrogen-bond donors (Lipinski definition) is 1. The summed E-state index contributed by atoms with van der Waals surface area (Å²) in [5, 5.41) is 6.93. The first-order valence-electron chi connectivity index (χ1n) is 7.60. The van der Waals surface area contributed by atoms with Crippen molar-refractivity contribution in [2.24, 2.45) is 0 Å². The number of carbonyl (C=O) groups excluding carboxylic acids is 1. The van der Waals surface area contributed by atoms with Crippen molar-refractivity contribution in [2.45, 2.75) is 19.5 Å². The summed E-state index contributed by atoms with van der Waals surface area (Å²) in [5.74, 6) is -0.390. The van der Waals surface area contributed by atoms with Gasteiger partial charge in [-0.1, -0.05) is 36.4 Å². The minimum Gasteiger partial charge on any atom is -0.352 e. The average molecular weight is 324 g/mol. The van der Waals surface area contributed by atoms with Gasteiger partial charge in [-0.2, -0.15) is 5.10 Å². The molecule has 0 aliphatic carbocycles. The number of amides is 1. The summed E-state index contributed by atoms with van der Waals surface area (Å²) in [6.07, 6.45) is 3.42. The smallest absolute Gasteiger partial charge is 0.224 e. The van der Waals surface area contributed by atoms with E-state index < -0.39 is 0 Å². The van der Waals surface area contributed by atoms with Gasteiger partial charge >= 0.3 is 0 Å². The van der Waals surface area contributed by atoms with Gasteiger partial charge in [-0.05, 0) is 28.8 Å². The predicted octanol–water partition coefficient (Wildman–Crippen LogP) is 2.32. The second-order valence-electron chi connectivity index (χ2n) is 5.49. The van der Waals surface area contributed by atoms with Crippen LogP contribution < -0.4 is 5.32 Å². The number of nitrogens with one attached hydrogen (secondary N) is 1. The van der Waals surface area contributed by atoms with Gasteiger partial charge in [0.25, 0.3) is 0 Å². The summed E-state index contributed by atoms with van der Waals surface area (Å²) in [5.41, 5.74) is 2.92. The second-order valence-corrected chi connectivity index (χ2v) is 5.49. The Bertz CT molecular complexity index is 783. The fourth-order valence-corrected chi connectivity index (χ4v) is 2.31. The monoisotopic (exact) mass is 324 g/mol. The minimum absolute atomic E-state index is 0.0895. The molecule has 1 aromatic heterocycles. The van der Waals surface area contributed by atoms with Crippen LogP contribution in [0.3, 0.4) is 0 Å². The first-order chi connectivity index (χ1) is 11.7. The molecule has 0 aliphatic heterocycles. The van der Waals surface area contributed by atoms with Crippen LogP contribution in [-0.2, 0) is 24.3 Å². The molecule has 3 rings (SSSR count). The Morgan fingerprint density at radius 1 is 1.00 bits per heavy atom. The number of rotatable bonds is 6. The van der Waals surface area contributed by atoms with E-state index in [4.69, 9.17) is 0 Å². The topological polar surface area (TPSA) is 59.8 Å². The Hall–Kier alpha value is -3.02. The van der Waals surface area contributed by atoms with Gasteiger partial charge in [-0.15, -0.1) is 0 Å². The number of carbonyl (C=O) groups is 1. The summed E-state index contributed by atoms with van der Waals surface area (Å²) >= 11 is 0. The van der Waals surface area contributed by atoms with Crippen molar-refractivity contribution >= 4 is 5.91 Å². The molecule has 1 amide bonds. The summed E-state index contributed by atoms with van der Waals surface area (Å²) in [4.78, 5) is 15.8. The van der Waals surface area contributed by atoms with Crippen LogP contribution >= 0.6 is 0 Å². The third kappa shape index (κ3) is 4.49. The lowest BCUT2D eigenvalue weighted by Crippen LogP contribution is -2.24. The molecular formula is C18H17FN4O. The highest BCUT2D eigenvalue weighted by Gasteiger charge is 2.04. The highest BCUT2D eigenvalue weighted by Crippen LogP contribution is 2.07. The van der Waals surface area contributed by atoms with Gasteiger partial charge in [0.15, 0.2) is 0 Å². The number of benzene rings is 2. The van der Waals surface area contributed by atoms with Crippen molar-refractivity contribution in [1.29, 1.82) is 0 Å². The number of nitrogens with zero attached hydrogens (tertiary/aromatic N) is 3. The lowest BCUT2D eigenvalue weighted by molar-refractivity contribution is -0.120. The first kappa shape index (κ1) is 15.9. The lowest BCUT2D eigenvalue weighted by atomic mass is 10.1. The van der Waals surface area contributed by atoms with E-state index in [1.54, 1.807) is 23.1 Å². The van der Waals surface area contributed by atoms with E-state index in [2.05, 4.69) is 15.4 Å². The van der Waals surface area contributed by atoms with Crippen LogP contribution in [0.25, 0.3) is 0 Å². The fraction of sp³-hybridized carbons (Fsp3) is 0.167. The molecule has 0 saturated carbocycles. The molecule has 24 heavy (non-hydrogen) atoms. The zero-order valence-electron chi connectivity index (χ0n) is 13.0. The maximum atomic E-state index is 12.8. The number of hydrogen-bond acceptors (Lipinski definition) is 3. The van der Waals surface area contributed by atoms with E-state index in [1.807, 2.05) is 24.3 Å². The van der Waals surface area contributed by atoms with Crippen LogP contribution in [0.15, 0.2) is 61.2 Å². The van der Waals surface area contributed by atoms with E-state index >= 15 is 0 Å². The van der Waals surface area contributed by atoms with Gasteiger partial charge in [0.2, 0.25) is 5.91 Å². The number of aromatic nitrogens is 3. The molecule has 0 atom stereocenters. The van der Waals surface area contributed by atoms with Crippen LogP contribution in [0.4, 0.5) is 4.39 Å². The Morgan fingerprint density at radius 3 is 2.33 bits per heavy atom. The largest absolute Gasteiger partial charge is 0.352 e. The van der Waals surface area contributed by atoms with Crippen LogP contribution in [0.2, 0.25) is 0 Å². The normalized spacial score (nSPS) is 10.5. The van der Waals surface area contributed by atoms with Crippen molar-refractivity contribution in [3.05, 3.63) is 83.7 Å². The molecule has 122 valence electrons. The highest BCUT2D eigenvalue weighted by atomic mass is 19.1. The summed E-state index contributed by atoms with van der Waals surface area (Å²) in [6, 6.07) is 13.9. The Balaban J connectivity index is 1.49. The molecule has 3 aromatic rings. The molecule has 5 nitrogen and oxygen atoms in total. The molecule has 0 spiro atoms.